The molecule has 0 radical (unpaired) electrons. The predicted octanol–water partition coefficient (Wildman–Crippen LogP) is 0.626. The molecule has 0 saturated carbocycles. The second-order valence-electron chi connectivity index (χ2n) is 4.14. The number of carbonyl (C=O) groups is 1. The summed E-state index contributed by atoms with van der Waals surface area (Å²) in [6, 6.07) is 7.44. The van der Waals surface area contributed by atoms with Gasteiger partial charge in [-0.1, -0.05) is 3.89 Å². The van der Waals surface area contributed by atoms with Gasteiger partial charge in [-0.3, -0.25) is 9.59 Å². The van der Waals surface area contributed by atoms with Crippen LogP contribution in [0, 0.1) is 0 Å². The predicted molar refractivity (Wildman–Crippen MR) is 74.5 cm³/mol. The van der Waals surface area contributed by atoms with E-state index in [1.807, 2.05) is 0 Å². The molecule has 1 amide bonds. The zero-order chi connectivity index (χ0) is 16.3. The minimum absolute atomic E-state index is 0.0220. The molecule has 0 unspecified atom stereocenters. The second kappa shape index (κ2) is 5.93. The maximum atomic E-state index is 12.3. The topological polar surface area (TPSA) is 107 Å². The molecule has 0 saturated heterocycles. The summed E-state index contributed by atoms with van der Waals surface area (Å²) in [7, 11) is -3.69. The lowest BCUT2D eigenvalue weighted by atomic mass is 10.3. The van der Waals surface area contributed by atoms with Gasteiger partial charge in [0.25, 0.3) is 11.5 Å². The van der Waals surface area contributed by atoms with E-state index in [0.29, 0.717) is 5.69 Å². The number of halogens is 1. The molecule has 0 bridgehead atoms. The summed E-state index contributed by atoms with van der Waals surface area (Å²) in [5.74, 6) is -0.803. The number of aryl methyl sites for hydroxylation is 1. The van der Waals surface area contributed by atoms with E-state index < -0.39 is 16.4 Å². The van der Waals surface area contributed by atoms with Crippen LogP contribution < -0.4 is 15.1 Å². The number of nitrogens with one attached hydrogen (secondary N) is 1. The van der Waals surface area contributed by atoms with Crippen LogP contribution in [0.5, 0.6) is 5.75 Å². The summed E-state index contributed by atoms with van der Waals surface area (Å²) in [4.78, 5) is 23.1. The van der Waals surface area contributed by atoms with Crippen LogP contribution in [0.15, 0.2) is 41.2 Å². The van der Waals surface area contributed by atoms with E-state index in [0.717, 1.165) is 4.68 Å². The largest absolute Gasteiger partial charge is 0.488 e. The first kappa shape index (κ1) is 15.6. The molecule has 0 spiro atoms. The summed E-state index contributed by atoms with van der Waals surface area (Å²) >= 11 is 0. The molecule has 1 N–H and O–H groups in total. The van der Waals surface area contributed by atoms with E-state index in [1.54, 1.807) is 0 Å². The third-order valence-electron chi connectivity index (χ3n) is 2.50. The van der Waals surface area contributed by atoms with Gasteiger partial charge in [0.05, 0.1) is 0 Å². The maximum absolute atomic E-state index is 12.3. The van der Waals surface area contributed by atoms with Crippen LogP contribution >= 0.6 is 0 Å². The number of nitrogens with zero attached hydrogens (tertiary/aromatic N) is 2. The molecule has 1 heterocycles. The molecular formula is C12H10FN3O5S. The zero-order valence-electron chi connectivity index (χ0n) is 11.2. The van der Waals surface area contributed by atoms with Crippen molar-refractivity contribution in [3.8, 4) is 5.75 Å². The van der Waals surface area contributed by atoms with Gasteiger partial charge in [0.15, 0.2) is 0 Å². The Kier molecular flexibility index (Phi) is 4.22. The first-order valence-electron chi connectivity index (χ1n) is 5.84. The van der Waals surface area contributed by atoms with Crippen LogP contribution in [-0.2, 0) is 17.6 Å². The molecule has 0 aliphatic heterocycles. The Morgan fingerprint density at radius 2 is 1.86 bits per heavy atom. The smallest absolute Gasteiger partial charge is 0.358 e. The fraction of sp³-hybridized carbons (Fsp3) is 0.0833. The van der Waals surface area contributed by atoms with Crippen LogP contribution in [0.2, 0.25) is 0 Å². The standard InChI is InChI=1S/C12H10FN3O5S/c1-16-11(17)7-6-10(15-16)12(18)14-8-2-4-9(5-3-8)21-22(13,19)20/h2-7H,1H3,(H,14,18). The Bertz CT molecular complexity index is 861. The average Bonchev–Trinajstić information content (AvgIpc) is 2.42. The van der Waals surface area contributed by atoms with Crippen molar-refractivity contribution < 1.29 is 21.3 Å². The lowest BCUT2D eigenvalue weighted by molar-refractivity contribution is 0.102. The van der Waals surface area contributed by atoms with E-state index in [1.165, 1.54) is 43.4 Å². The molecule has 1 aromatic carbocycles. The van der Waals surface area contributed by atoms with Gasteiger partial charge in [-0.15, -0.1) is 0 Å². The number of carbonyl (C=O) groups excluding carboxylic acids is 1. The number of rotatable bonds is 4. The summed E-state index contributed by atoms with van der Waals surface area (Å²) < 4.78 is 38.0. The van der Waals surface area contributed by atoms with E-state index in [4.69, 9.17) is 0 Å². The van der Waals surface area contributed by atoms with Crippen LogP contribution in [0.25, 0.3) is 0 Å². The summed E-state index contributed by atoms with van der Waals surface area (Å²) in [6.07, 6.45) is 0. The molecule has 22 heavy (non-hydrogen) atoms. The highest BCUT2D eigenvalue weighted by molar-refractivity contribution is 7.81. The van der Waals surface area contributed by atoms with Crippen molar-refractivity contribution in [2.24, 2.45) is 7.05 Å². The SMILES string of the molecule is Cn1nc(C(=O)Nc2ccc(OS(=O)(=O)F)cc2)ccc1=O. The lowest BCUT2D eigenvalue weighted by Gasteiger charge is -2.06. The third kappa shape index (κ3) is 4.12. The van der Waals surface area contributed by atoms with Crippen molar-refractivity contribution in [2.75, 3.05) is 5.32 Å². The van der Waals surface area contributed by atoms with Crippen LogP contribution in [0.3, 0.4) is 0 Å². The van der Waals surface area contributed by atoms with Gasteiger partial charge in [0.1, 0.15) is 11.4 Å². The Morgan fingerprint density at radius 3 is 2.41 bits per heavy atom. The quantitative estimate of drug-likeness (QED) is 0.825. The zero-order valence-corrected chi connectivity index (χ0v) is 12.0. The number of anilines is 1. The fourth-order valence-electron chi connectivity index (χ4n) is 1.53. The number of amides is 1. The van der Waals surface area contributed by atoms with Gasteiger partial charge in [-0.25, -0.2) is 4.68 Å². The van der Waals surface area contributed by atoms with Crippen molar-refractivity contribution in [2.45, 2.75) is 0 Å². The van der Waals surface area contributed by atoms with Crippen molar-refractivity contribution >= 4 is 22.1 Å². The van der Waals surface area contributed by atoms with E-state index >= 15 is 0 Å². The molecule has 1 aromatic heterocycles. The Labute approximate surface area is 124 Å². The molecular weight excluding hydrogens is 317 g/mol. The molecule has 116 valence electrons. The monoisotopic (exact) mass is 327 g/mol. The number of benzene rings is 1. The van der Waals surface area contributed by atoms with Crippen LogP contribution in [-0.4, -0.2) is 24.1 Å². The molecule has 0 atom stereocenters. The second-order valence-corrected chi connectivity index (χ2v) is 5.09. The van der Waals surface area contributed by atoms with Crippen LogP contribution in [0.4, 0.5) is 9.57 Å². The minimum atomic E-state index is -5.09. The number of aromatic nitrogens is 2. The highest BCUT2D eigenvalue weighted by Crippen LogP contribution is 2.18. The summed E-state index contributed by atoms with van der Waals surface area (Å²) in [5, 5.41) is 6.25. The summed E-state index contributed by atoms with van der Waals surface area (Å²) in [5.41, 5.74) is -0.0245. The van der Waals surface area contributed by atoms with Crippen molar-refractivity contribution in [1.29, 1.82) is 0 Å². The van der Waals surface area contributed by atoms with E-state index in [-0.39, 0.29) is 17.0 Å². The molecule has 2 rings (SSSR count). The van der Waals surface area contributed by atoms with E-state index in [9.17, 15) is 21.9 Å². The van der Waals surface area contributed by atoms with Crippen molar-refractivity contribution in [1.82, 2.24) is 9.78 Å². The molecule has 0 aliphatic rings. The maximum Gasteiger partial charge on any atom is 0.488 e. The average molecular weight is 327 g/mol. The van der Waals surface area contributed by atoms with Gasteiger partial charge in [0.2, 0.25) is 0 Å². The number of hydrogen-bond donors (Lipinski definition) is 1. The van der Waals surface area contributed by atoms with Crippen molar-refractivity contribution in [3.63, 3.8) is 0 Å². The highest BCUT2D eigenvalue weighted by Gasteiger charge is 2.11. The van der Waals surface area contributed by atoms with Gasteiger partial charge >= 0.3 is 10.5 Å². The first-order chi connectivity index (χ1) is 10.2. The Hall–Kier alpha value is -2.75. The van der Waals surface area contributed by atoms with Gasteiger partial charge in [-0.2, -0.15) is 13.5 Å². The Balaban J connectivity index is 2.11. The first-order valence-corrected chi connectivity index (χ1v) is 7.15. The molecule has 0 aliphatic carbocycles. The highest BCUT2D eigenvalue weighted by atomic mass is 32.3. The molecule has 10 heteroatoms. The third-order valence-corrected chi connectivity index (χ3v) is 2.89. The molecule has 0 fully saturated rings. The molecule has 8 nitrogen and oxygen atoms in total. The fourth-order valence-corrected chi connectivity index (χ4v) is 1.87. The number of hydrogen-bond acceptors (Lipinski definition) is 6. The summed E-state index contributed by atoms with van der Waals surface area (Å²) in [6.45, 7) is 0. The van der Waals surface area contributed by atoms with Gasteiger partial charge < -0.3 is 9.50 Å². The van der Waals surface area contributed by atoms with Gasteiger partial charge in [0, 0.05) is 18.8 Å². The normalized spacial score (nSPS) is 11.0. The Morgan fingerprint density at radius 1 is 1.23 bits per heavy atom. The van der Waals surface area contributed by atoms with Crippen LogP contribution in [0.1, 0.15) is 10.5 Å². The van der Waals surface area contributed by atoms with Gasteiger partial charge in [-0.05, 0) is 30.3 Å². The lowest BCUT2D eigenvalue weighted by Crippen LogP contribution is -2.23. The van der Waals surface area contributed by atoms with E-state index in [2.05, 4.69) is 14.6 Å². The minimum Gasteiger partial charge on any atom is -0.358 e. The molecule has 2 aromatic rings. The van der Waals surface area contributed by atoms with Crippen molar-refractivity contribution in [3.05, 3.63) is 52.4 Å².